The van der Waals surface area contributed by atoms with Crippen LogP contribution in [0.25, 0.3) is 6.08 Å². The molecule has 37 heavy (non-hydrogen) atoms. The van der Waals surface area contributed by atoms with E-state index in [1.165, 1.54) is 12.5 Å². The van der Waals surface area contributed by atoms with Crippen LogP contribution < -0.4 is 9.64 Å². The van der Waals surface area contributed by atoms with Crippen LogP contribution in [-0.2, 0) is 14.3 Å². The first kappa shape index (κ1) is 27.7. The van der Waals surface area contributed by atoms with Gasteiger partial charge in [0.15, 0.2) is 0 Å². The molecule has 1 saturated heterocycles. The highest BCUT2D eigenvalue weighted by atomic mass is 16.5. The average Bonchev–Trinajstić information content (AvgIpc) is 2.92. The van der Waals surface area contributed by atoms with Crippen molar-refractivity contribution in [3.63, 3.8) is 0 Å². The van der Waals surface area contributed by atoms with Crippen LogP contribution in [0.4, 0.5) is 5.69 Å². The maximum absolute atomic E-state index is 12.2. The molecular formula is C31H36N2O4. The Morgan fingerprint density at radius 2 is 1.76 bits per heavy atom. The number of hydrogen-bond acceptors (Lipinski definition) is 5. The fourth-order valence-corrected chi connectivity index (χ4v) is 4.21. The highest BCUT2D eigenvalue weighted by molar-refractivity contribution is 6.03. The molecule has 0 N–H and O–H groups in total. The number of pyridine rings is 1. The monoisotopic (exact) mass is 500 g/mol. The third-order valence-electron chi connectivity index (χ3n) is 6.46. The number of hydrogen-bond donors (Lipinski definition) is 0. The second kappa shape index (κ2) is 13.4. The molecule has 194 valence electrons. The molecule has 1 aromatic heterocycles. The van der Waals surface area contributed by atoms with Crippen molar-refractivity contribution < 1.29 is 19.1 Å². The minimum absolute atomic E-state index is 0.00461. The lowest BCUT2D eigenvalue weighted by atomic mass is 9.87. The number of anilines is 1. The number of β-lactam (4-membered cyclic amide) rings is 1. The third kappa shape index (κ3) is 7.53. The van der Waals surface area contributed by atoms with Crippen molar-refractivity contribution in [3.05, 3.63) is 96.3 Å². The third-order valence-corrected chi connectivity index (χ3v) is 6.46. The van der Waals surface area contributed by atoms with Gasteiger partial charge in [-0.2, -0.15) is 0 Å². The van der Waals surface area contributed by atoms with Crippen molar-refractivity contribution in [1.82, 2.24) is 4.98 Å². The van der Waals surface area contributed by atoms with Crippen molar-refractivity contribution in [3.8, 4) is 5.75 Å². The highest BCUT2D eigenvalue weighted by Crippen LogP contribution is 2.34. The van der Waals surface area contributed by atoms with Crippen molar-refractivity contribution in [2.75, 3.05) is 18.6 Å². The maximum atomic E-state index is 12.2. The molecular weight excluding hydrogens is 464 g/mol. The topological polar surface area (TPSA) is 68.7 Å². The van der Waals surface area contributed by atoms with E-state index in [4.69, 9.17) is 9.47 Å². The number of nitrogens with zero attached hydrogens (tertiary/aromatic N) is 2. The van der Waals surface area contributed by atoms with Gasteiger partial charge in [0.1, 0.15) is 5.75 Å². The Kier molecular flexibility index (Phi) is 10.0. The van der Waals surface area contributed by atoms with Crippen LogP contribution in [0, 0.1) is 11.8 Å². The number of carbonyl (C=O) groups is 2. The van der Waals surface area contributed by atoms with Crippen molar-refractivity contribution in [2.45, 2.75) is 39.7 Å². The SMILES string of the molecule is CC(=O)OC[C@H](c1ccccc1)C(C)C.COc1ccc(N2C(=O)[C@@H](C)[C@H]2/C=C/c2cccnc2)cc1. The van der Waals surface area contributed by atoms with E-state index in [2.05, 4.69) is 37.0 Å². The van der Waals surface area contributed by atoms with Gasteiger partial charge in [0.05, 0.1) is 25.7 Å². The minimum atomic E-state index is -0.211. The maximum Gasteiger partial charge on any atom is 0.302 e. The largest absolute Gasteiger partial charge is 0.497 e. The molecule has 0 unspecified atom stereocenters. The summed E-state index contributed by atoms with van der Waals surface area (Å²) >= 11 is 0. The Balaban J connectivity index is 0.000000222. The predicted molar refractivity (Wildman–Crippen MR) is 147 cm³/mol. The van der Waals surface area contributed by atoms with Crippen LogP contribution in [-0.4, -0.2) is 36.6 Å². The predicted octanol–water partition coefficient (Wildman–Crippen LogP) is 6.14. The van der Waals surface area contributed by atoms with Gasteiger partial charge in [0, 0.05) is 30.9 Å². The van der Waals surface area contributed by atoms with E-state index < -0.39 is 0 Å². The first-order chi connectivity index (χ1) is 17.8. The summed E-state index contributed by atoms with van der Waals surface area (Å²) in [5.41, 5.74) is 3.15. The number of amides is 1. The number of aromatic nitrogens is 1. The fourth-order valence-electron chi connectivity index (χ4n) is 4.21. The van der Waals surface area contributed by atoms with E-state index in [1.807, 2.05) is 72.5 Å². The Bertz CT molecular complexity index is 1160. The summed E-state index contributed by atoms with van der Waals surface area (Å²) in [4.78, 5) is 28.9. The van der Waals surface area contributed by atoms with Crippen molar-refractivity contribution >= 4 is 23.6 Å². The van der Waals surface area contributed by atoms with Crippen LogP contribution in [0.5, 0.6) is 5.75 Å². The summed E-state index contributed by atoms with van der Waals surface area (Å²) in [5, 5.41) is 0. The quantitative estimate of drug-likeness (QED) is 0.274. The number of benzene rings is 2. The molecule has 0 radical (unpaired) electrons. The molecule has 2 aromatic carbocycles. The number of ether oxygens (including phenoxy) is 2. The van der Waals surface area contributed by atoms with Gasteiger partial charge in [-0.05, 0) is 47.4 Å². The van der Waals surface area contributed by atoms with Gasteiger partial charge >= 0.3 is 5.97 Å². The summed E-state index contributed by atoms with van der Waals surface area (Å²) in [6.07, 6.45) is 7.63. The number of carbonyl (C=O) groups excluding carboxylic acids is 2. The first-order valence-corrected chi connectivity index (χ1v) is 12.6. The van der Waals surface area contributed by atoms with E-state index in [1.54, 1.807) is 19.5 Å². The van der Waals surface area contributed by atoms with E-state index in [9.17, 15) is 9.59 Å². The summed E-state index contributed by atoms with van der Waals surface area (Å²) in [6, 6.07) is 21.7. The number of esters is 1. The number of rotatable bonds is 8. The van der Waals surface area contributed by atoms with E-state index in [0.717, 1.165) is 17.0 Å². The van der Waals surface area contributed by atoms with Crippen molar-refractivity contribution in [1.29, 1.82) is 0 Å². The molecule has 1 amide bonds. The first-order valence-electron chi connectivity index (χ1n) is 12.6. The summed E-state index contributed by atoms with van der Waals surface area (Å²) in [5.74, 6) is 1.46. The molecule has 6 nitrogen and oxygen atoms in total. The molecule has 6 heteroatoms. The molecule has 0 spiro atoms. The summed E-state index contributed by atoms with van der Waals surface area (Å²) in [7, 11) is 1.63. The zero-order valence-corrected chi connectivity index (χ0v) is 22.2. The van der Waals surface area contributed by atoms with Gasteiger partial charge in [-0.1, -0.05) is 69.3 Å². The summed E-state index contributed by atoms with van der Waals surface area (Å²) in [6.45, 7) is 8.16. The molecule has 2 heterocycles. The zero-order valence-electron chi connectivity index (χ0n) is 22.2. The smallest absolute Gasteiger partial charge is 0.302 e. The van der Waals surface area contributed by atoms with E-state index in [-0.39, 0.29) is 29.8 Å². The Hall–Kier alpha value is -3.93. The Labute approximate surface area is 219 Å². The lowest BCUT2D eigenvalue weighted by Crippen LogP contribution is -2.59. The van der Waals surface area contributed by atoms with Gasteiger partial charge < -0.3 is 14.4 Å². The fraction of sp³-hybridized carbons (Fsp3) is 0.323. The molecule has 3 aromatic rings. The number of methoxy groups -OCH3 is 1. The second-order valence-corrected chi connectivity index (χ2v) is 9.39. The molecule has 1 aliphatic heterocycles. The molecule has 0 aliphatic carbocycles. The van der Waals surface area contributed by atoms with Crippen molar-refractivity contribution in [2.24, 2.45) is 11.8 Å². The van der Waals surface area contributed by atoms with E-state index >= 15 is 0 Å². The zero-order chi connectivity index (χ0) is 26.8. The second-order valence-electron chi connectivity index (χ2n) is 9.39. The normalized spacial score (nSPS) is 17.6. The van der Waals surface area contributed by atoms with Gasteiger partial charge in [0.25, 0.3) is 0 Å². The lowest BCUT2D eigenvalue weighted by Gasteiger charge is -2.44. The Morgan fingerprint density at radius 1 is 1.05 bits per heavy atom. The van der Waals surface area contributed by atoms with Crippen LogP contribution in [0.3, 0.4) is 0 Å². The van der Waals surface area contributed by atoms with Gasteiger partial charge in [-0.15, -0.1) is 0 Å². The van der Waals surface area contributed by atoms with Gasteiger partial charge in [-0.25, -0.2) is 0 Å². The standard InChI is InChI=1S/C18H18N2O2.C13H18O2/c1-13-17(10-5-14-4-3-11-19-12-14)20(18(13)21)15-6-8-16(22-2)9-7-15;1-10(2)13(9-15-11(3)14)12-7-5-4-6-8-12/h3-13,17H,1-2H3;4-8,10,13H,9H2,1-3H3/b10-5+;/t13-,17+;13-/m00/s1. The minimum Gasteiger partial charge on any atom is -0.497 e. The van der Waals surface area contributed by atoms with Gasteiger partial charge in [0.2, 0.25) is 5.91 Å². The van der Waals surface area contributed by atoms with Crippen LogP contribution in [0.15, 0.2) is 85.2 Å². The molecule has 1 fully saturated rings. The molecule has 0 bridgehead atoms. The molecule has 0 saturated carbocycles. The lowest BCUT2D eigenvalue weighted by molar-refractivity contribution is -0.141. The highest BCUT2D eigenvalue weighted by Gasteiger charge is 2.43. The Morgan fingerprint density at radius 3 is 2.32 bits per heavy atom. The van der Waals surface area contributed by atoms with Crippen LogP contribution in [0.1, 0.15) is 44.7 Å². The average molecular weight is 501 g/mol. The van der Waals surface area contributed by atoms with Crippen LogP contribution in [0.2, 0.25) is 0 Å². The molecule has 4 rings (SSSR count). The molecule has 3 atom stereocenters. The van der Waals surface area contributed by atoms with E-state index in [0.29, 0.717) is 12.5 Å². The van der Waals surface area contributed by atoms with Gasteiger partial charge in [-0.3, -0.25) is 14.6 Å². The summed E-state index contributed by atoms with van der Waals surface area (Å²) < 4.78 is 10.2. The molecule has 1 aliphatic rings. The van der Waals surface area contributed by atoms with Crippen LogP contribution >= 0.6 is 0 Å².